The Balaban J connectivity index is 1.51. The third-order valence-corrected chi connectivity index (χ3v) is 6.02. The zero-order valence-corrected chi connectivity index (χ0v) is 18.8. The van der Waals surface area contributed by atoms with E-state index in [9.17, 15) is 0 Å². The summed E-state index contributed by atoms with van der Waals surface area (Å²) in [4.78, 5) is 0.685. The molecule has 5 rings (SSSR count). The minimum Gasteiger partial charge on any atom is -0.493 e. The number of methoxy groups -OCH3 is 3. The minimum atomic E-state index is 0.553. The van der Waals surface area contributed by atoms with Gasteiger partial charge < -0.3 is 18.6 Å². The van der Waals surface area contributed by atoms with Crippen LogP contribution in [0.4, 0.5) is 0 Å². The molecular weight excluding hydrogens is 428 g/mol. The van der Waals surface area contributed by atoms with E-state index in [1.54, 1.807) is 25.8 Å². The summed E-state index contributed by atoms with van der Waals surface area (Å²) in [6.07, 6.45) is 3.84. The molecule has 0 saturated carbocycles. The van der Waals surface area contributed by atoms with E-state index >= 15 is 0 Å². The highest BCUT2D eigenvalue weighted by atomic mass is 32.1. The average Bonchev–Trinajstić information content (AvgIpc) is 3.49. The first-order valence-electron chi connectivity index (χ1n) is 9.81. The van der Waals surface area contributed by atoms with E-state index in [0.29, 0.717) is 33.8 Å². The highest BCUT2D eigenvalue weighted by molar-refractivity contribution is 7.17. The van der Waals surface area contributed by atoms with Crippen LogP contribution in [0.5, 0.6) is 17.2 Å². The van der Waals surface area contributed by atoms with Crippen molar-refractivity contribution < 1.29 is 18.6 Å². The second-order valence-electron chi connectivity index (χ2n) is 7.00. The van der Waals surface area contributed by atoms with Crippen molar-refractivity contribution in [3.05, 3.63) is 52.5 Å². The van der Waals surface area contributed by atoms with Gasteiger partial charge in [0, 0.05) is 10.9 Å². The molecule has 0 N–H and O–H groups in total. The van der Waals surface area contributed by atoms with Crippen LogP contribution in [0.3, 0.4) is 0 Å². The Morgan fingerprint density at radius 3 is 2.41 bits per heavy atom. The van der Waals surface area contributed by atoms with Crippen LogP contribution < -0.4 is 14.2 Å². The molecule has 0 aliphatic rings. The highest BCUT2D eigenvalue weighted by Crippen LogP contribution is 2.39. The lowest BCUT2D eigenvalue weighted by molar-refractivity contribution is 0.324. The molecule has 0 fully saturated rings. The third-order valence-electron chi connectivity index (χ3n) is 5.16. The number of nitrogens with zero attached hydrogens (tertiary/aromatic N) is 4. The van der Waals surface area contributed by atoms with Crippen molar-refractivity contribution in [2.75, 3.05) is 21.3 Å². The van der Waals surface area contributed by atoms with Crippen molar-refractivity contribution in [3.8, 4) is 28.8 Å². The summed E-state index contributed by atoms with van der Waals surface area (Å²) >= 11 is 1.43. The first-order chi connectivity index (χ1) is 15.6. The second-order valence-corrected chi connectivity index (χ2v) is 7.99. The van der Waals surface area contributed by atoms with Crippen LogP contribution in [0.1, 0.15) is 16.1 Å². The highest BCUT2D eigenvalue weighted by Gasteiger charge is 2.20. The number of rotatable bonds is 6. The van der Waals surface area contributed by atoms with Gasteiger partial charge in [-0.1, -0.05) is 35.6 Å². The Kier molecular flexibility index (Phi) is 5.02. The molecule has 32 heavy (non-hydrogen) atoms. The fourth-order valence-corrected chi connectivity index (χ4v) is 4.33. The molecule has 5 aromatic rings. The molecule has 9 heteroatoms. The van der Waals surface area contributed by atoms with Crippen LogP contribution in [0.15, 0.2) is 40.8 Å². The maximum Gasteiger partial charge on any atom is 0.235 e. The molecule has 2 aromatic carbocycles. The van der Waals surface area contributed by atoms with Crippen LogP contribution in [0.2, 0.25) is 0 Å². The maximum atomic E-state index is 6.05. The molecule has 3 heterocycles. The lowest BCUT2D eigenvalue weighted by Crippen LogP contribution is -1.95. The first kappa shape index (κ1) is 20.1. The van der Waals surface area contributed by atoms with Gasteiger partial charge in [0.25, 0.3) is 0 Å². The van der Waals surface area contributed by atoms with Crippen molar-refractivity contribution in [1.29, 1.82) is 0 Å². The summed E-state index contributed by atoms with van der Waals surface area (Å²) in [6, 6.07) is 11.7. The van der Waals surface area contributed by atoms with Crippen LogP contribution in [0, 0.1) is 6.92 Å². The fourth-order valence-electron chi connectivity index (χ4n) is 3.59. The van der Waals surface area contributed by atoms with Gasteiger partial charge in [0.05, 0.1) is 21.3 Å². The van der Waals surface area contributed by atoms with Gasteiger partial charge in [-0.2, -0.15) is 9.61 Å². The third kappa shape index (κ3) is 3.27. The summed E-state index contributed by atoms with van der Waals surface area (Å²) < 4.78 is 24.0. The van der Waals surface area contributed by atoms with Crippen LogP contribution >= 0.6 is 11.3 Å². The Bertz CT molecular complexity index is 1440. The molecule has 0 radical (unpaired) electrons. The number of hydrogen-bond donors (Lipinski definition) is 0. The molecule has 0 bridgehead atoms. The topological polar surface area (TPSA) is 83.9 Å². The Labute approximate surface area is 187 Å². The molecule has 8 nitrogen and oxygen atoms in total. The van der Waals surface area contributed by atoms with Crippen molar-refractivity contribution >= 4 is 39.4 Å². The largest absolute Gasteiger partial charge is 0.493 e. The number of hydrogen-bond acceptors (Lipinski definition) is 8. The molecule has 3 aromatic heterocycles. The quantitative estimate of drug-likeness (QED) is 0.357. The summed E-state index contributed by atoms with van der Waals surface area (Å²) in [5.74, 6) is 2.98. The van der Waals surface area contributed by atoms with Crippen LogP contribution in [-0.4, -0.2) is 41.1 Å². The van der Waals surface area contributed by atoms with E-state index in [4.69, 9.17) is 18.6 Å². The Morgan fingerprint density at radius 2 is 1.72 bits per heavy atom. The predicted molar refractivity (Wildman–Crippen MR) is 124 cm³/mol. The van der Waals surface area contributed by atoms with Gasteiger partial charge in [-0.05, 0) is 36.8 Å². The van der Waals surface area contributed by atoms with Gasteiger partial charge in [0.15, 0.2) is 17.3 Å². The fraction of sp³-hybridized carbons (Fsp3) is 0.174. The minimum absolute atomic E-state index is 0.553. The molecule has 0 spiro atoms. The SMILES string of the molecule is COc1cc(/C=C\c2nn3c(-c4oc5ccccc5c4C)nnc3s2)cc(OC)c1OC. The van der Waals surface area contributed by atoms with Gasteiger partial charge in [0.2, 0.25) is 16.5 Å². The summed E-state index contributed by atoms with van der Waals surface area (Å²) in [5, 5.41) is 15.1. The van der Waals surface area contributed by atoms with E-state index < -0.39 is 0 Å². The zero-order valence-electron chi connectivity index (χ0n) is 17.9. The molecule has 0 amide bonds. The summed E-state index contributed by atoms with van der Waals surface area (Å²) in [6.45, 7) is 2.01. The number of benzene rings is 2. The molecule has 162 valence electrons. The standard InChI is InChI=1S/C23H20N4O4S/c1-13-15-7-5-6-8-16(15)31-20(13)22-24-25-23-27(22)26-19(32-23)10-9-14-11-17(28-2)21(30-4)18(12-14)29-3/h5-12H,1-4H3/b10-9-. The molecule has 0 saturated heterocycles. The molecule has 0 unspecified atom stereocenters. The Hall–Kier alpha value is -3.85. The van der Waals surface area contributed by atoms with E-state index in [2.05, 4.69) is 15.3 Å². The summed E-state index contributed by atoms with van der Waals surface area (Å²) in [7, 11) is 4.76. The van der Waals surface area contributed by atoms with Crippen molar-refractivity contribution in [3.63, 3.8) is 0 Å². The molecule has 0 atom stereocenters. The molecule has 0 aliphatic heterocycles. The monoisotopic (exact) mass is 448 g/mol. The van der Waals surface area contributed by atoms with Crippen LogP contribution in [0.25, 0.3) is 39.7 Å². The van der Waals surface area contributed by atoms with E-state index in [0.717, 1.165) is 27.1 Å². The number of ether oxygens (including phenoxy) is 3. The Morgan fingerprint density at radius 1 is 0.969 bits per heavy atom. The van der Waals surface area contributed by atoms with Gasteiger partial charge in [-0.25, -0.2) is 0 Å². The zero-order chi connectivity index (χ0) is 22.2. The predicted octanol–water partition coefficient (Wildman–Crippen LogP) is 5.10. The van der Waals surface area contributed by atoms with E-state index in [1.807, 2.05) is 55.5 Å². The van der Waals surface area contributed by atoms with Crippen LogP contribution in [-0.2, 0) is 0 Å². The van der Waals surface area contributed by atoms with Gasteiger partial charge in [0.1, 0.15) is 10.6 Å². The van der Waals surface area contributed by atoms with Gasteiger partial charge in [-0.3, -0.25) is 0 Å². The normalized spacial score (nSPS) is 11.6. The number of para-hydroxylation sites is 1. The summed E-state index contributed by atoms with van der Waals surface area (Å²) in [5.41, 5.74) is 2.71. The van der Waals surface area contributed by atoms with Crippen molar-refractivity contribution in [1.82, 2.24) is 19.8 Å². The average molecular weight is 449 g/mol. The number of fused-ring (bicyclic) bond motifs is 2. The van der Waals surface area contributed by atoms with E-state index in [1.165, 1.54) is 11.3 Å². The first-order valence-corrected chi connectivity index (χ1v) is 10.6. The number of furan rings is 1. The van der Waals surface area contributed by atoms with Gasteiger partial charge in [-0.15, -0.1) is 10.2 Å². The second kappa shape index (κ2) is 8.01. The van der Waals surface area contributed by atoms with E-state index in [-0.39, 0.29) is 0 Å². The molecule has 0 aliphatic carbocycles. The maximum absolute atomic E-state index is 6.05. The smallest absolute Gasteiger partial charge is 0.235 e. The van der Waals surface area contributed by atoms with Crippen molar-refractivity contribution in [2.24, 2.45) is 0 Å². The molecular formula is C23H20N4O4S. The number of aryl methyl sites for hydroxylation is 1. The number of aromatic nitrogens is 4. The van der Waals surface area contributed by atoms with Crippen molar-refractivity contribution in [2.45, 2.75) is 6.92 Å². The lowest BCUT2D eigenvalue weighted by atomic mass is 10.1. The van der Waals surface area contributed by atoms with Gasteiger partial charge >= 0.3 is 0 Å². The lowest BCUT2D eigenvalue weighted by Gasteiger charge is -2.12.